The second-order valence-electron chi connectivity index (χ2n) is 10.6. The molecular formula is C29H39N3O6. The molecule has 2 aliphatic rings. The predicted molar refractivity (Wildman–Crippen MR) is 146 cm³/mol. The third-order valence-electron chi connectivity index (χ3n) is 7.00. The average Bonchev–Trinajstić information content (AvgIpc) is 3.11. The van der Waals surface area contributed by atoms with Gasteiger partial charge in [-0.05, 0) is 62.7 Å². The van der Waals surface area contributed by atoms with Crippen molar-refractivity contribution in [2.24, 2.45) is 5.41 Å². The van der Waals surface area contributed by atoms with Gasteiger partial charge in [0.15, 0.2) is 6.23 Å². The van der Waals surface area contributed by atoms with Crippen molar-refractivity contribution in [1.82, 2.24) is 9.55 Å². The highest BCUT2D eigenvalue weighted by Crippen LogP contribution is 2.40. The van der Waals surface area contributed by atoms with Gasteiger partial charge in [-0.2, -0.15) is 4.98 Å². The molecule has 9 nitrogen and oxygen atoms in total. The predicted octanol–water partition coefficient (Wildman–Crippen LogP) is 3.32. The molecule has 0 aromatic carbocycles. The Bertz CT molecular complexity index is 1240. The van der Waals surface area contributed by atoms with Crippen molar-refractivity contribution in [3.05, 3.63) is 81.5 Å². The van der Waals surface area contributed by atoms with Gasteiger partial charge in [0.1, 0.15) is 24.1 Å². The number of ether oxygens (including phenoxy) is 1. The van der Waals surface area contributed by atoms with Crippen molar-refractivity contribution < 1.29 is 24.9 Å². The Hall–Kier alpha value is -3.11. The van der Waals surface area contributed by atoms with E-state index in [1.807, 2.05) is 25.2 Å². The summed E-state index contributed by atoms with van der Waals surface area (Å²) in [7, 11) is 0. The first kappa shape index (κ1) is 29.4. The van der Waals surface area contributed by atoms with E-state index in [0.29, 0.717) is 5.57 Å². The van der Waals surface area contributed by atoms with Crippen LogP contribution in [0.25, 0.3) is 0 Å². The molecule has 0 saturated carbocycles. The van der Waals surface area contributed by atoms with Crippen molar-refractivity contribution in [3.8, 4) is 0 Å². The number of hydrogen-bond donors (Lipinski definition) is 4. The molecule has 206 valence electrons. The van der Waals surface area contributed by atoms with Gasteiger partial charge in [-0.3, -0.25) is 9.36 Å². The lowest BCUT2D eigenvalue weighted by Gasteiger charge is -2.32. The number of aliphatic hydroxyl groups is 3. The first-order valence-corrected chi connectivity index (χ1v) is 12.9. The summed E-state index contributed by atoms with van der Waals surface area (Å²) >= 11 is 0. The van der Waals surface area contributed by atoms with Crippen molar-refractivity contribution in [3.63, 3.8) is 0 Å². The first-order valence-electron chi connectivity index (χ1n) is 12.9. The highest BCUT2D eigenvalue weighted by molar-refractivity contribution is 5.99. The van der Waals surface area contributed by atoms with E-state index in [1.165, 1.54) is 42.3 Å². The van der Waals surface area contributed by atoms with Crippen LogP contribution in [0.15, 0.2) is 75.8 Å². The Morgan fingerprint density at radius 1 is 1.24 bits per heavy atom. The van der Waals surface area contributed by atoms with E-state index in [-0.39, 0.29) is 11.2 Å². The van der Waals surface area contributed by atoms with E-state index >= 15 is 0 Å². The van der Waals surface area contributed by atoms with Gasteiger partial charge in [0, 0.05) is 12.3 Å². The van der Waals surface area contributed by atoms with E-state index in [9.17, 15) is 24.9 Å². The van der Waals surface area contributed by atoms with Crippen LogP contribution in [0.3, 0.4) is 0 Å². The maximum atomic E-state index is 12.4. The number of aliphatic hydroxyl groups excluding tert-OH is 3. The van der Waals surface area contributed by atoms with Gasteiger partial charge in [-0.15, -0.1) is 0 Å². The Morgan fingerprint density at radius 2 is 1.97 bits per heavy atom. The van der Waals surface area contributed by atoms with Crippen LogP contribution in [-0.4, -0.2) is 55.7 Å². The van der Waals surface area contributed by atoms with Gasteiger partial charge in [0.05, 0.1) is 6.61 Å². The summed E-state index contributed by atoms with van der Waals surface area (Å²) < 4.78 is 6.35. The lowest BCUT2D eigenvalue weighted by molar-refractivity contribution is -0.112. The number of anilines is 1. The number of amides is 1. The van der Waals surface area contributed by atoms with Crippen molar-refractivity contribution in [2.75, 3.05) is 11.9 Å². The average molecular weight is 526 g/mol. The molecule has 1 fully saturated rings. The maximum absolute atomic E-state index is 12.4. The van der Waals surface area contributed by atoms with E-state index in [2.05, 4.69) is 43.2 Å². The van der Waals surface area contributed by atoms with Crippen LogP contribution in [-0.2, 0) is 9.53 Å². The fourth-order valence-electron chi connectivity index (χ4n) is 4.84. The zero-order chi connectivity index (χ0) is 28.0. The van der Waals surface area contributed by atoms with Crippen LogP contribution in [0.5, 0.6) is 0 Å². The Morgan fingerprint density at radius 3 is 2.61 bits per heavy atom. The van der Waals surface area contributed by atoms with Crippen LogP contribution in [0.2, 0.25) is 0 Å². The summed E-state index contributed by atoms with van der Waals surface area (Å²) in [5, 5.41) is 31.8. The van der Waals surface area contributed by atoms with Crippen LogP contribution in [0, 0.1) is 5.41 Å². The summed E-state index contributed by atoms with van der Waals surface area (Å²) in [5.41, 5.74) is 4.08. The quantitative estimate of drug-likeness (QED) is 0.302. The van der Waals surface area contributed by atoms with E-state index in [1.54, 1.807) is 6.92 Å². The van der Waals surface area contributed by atoms with Gasteiger partial charge in [-0.1, -0.05) is 55.4 Å². The largest absolute Gasteiger partial charge is 0.394 e. The number of aromatic nitrogens is 2. The van der Waals surface area contributed by atoms with Crippen LogP contribution in [0.1, 0.15) is 60.1 Å². The Balaban J connectivity index is 1.59. The number of carbonyl (C=O) groups excluding carboxylic acids is 1. The van der Waals surface area contributed by atoms with Crippen molar-refractivity contribution in [1.29, 1.82) is 0 Å². The molecule has 1 saturated heterocycles. The third kappa shape index (κ3) is 7.26. The normalized spacial score (nSPS) is 26.5. The Kier molecular flexibility index (Phi) is 9.78. The molecule has 1 aromatic heterocycles. The fraction of sp³-hybridized carbons (Fsp3) is 0.483. The molecule has 2 heterocycles. The fourth-order valence-corrected chi connectivity index (χ4v) is 4.84. The van der Waals surface area contributed by atoms with Gasteiger partial charge in [-0.25, -0.2) is 4.79 Å². The monoisotopic (exact) mass is 525 g/mol. The second kappa shape index (κ2) is 12.6. The highest BCUT2D eigenvalue weighted by atomic mass is 16.6. The minimum atomic E-state index is -1.40. The second-order valence-corrected chi connectivity index (χ2v) is 10.6. The summed E-state index contributed by atoms with van der Waals surface area (Å²) in [6.07, 6.45) is 11.4. The molecule has 0 radical (unpaired) electrons. The topological polar surface area (TPSA) is 134 Å². The number of nitrogens with zero attached hydrogens (tertiary/aromatic N) is 2. The van der Waals surface area contributed by atoms with Crippen molar-refractivity contribution in [2.45, 2.75) is 78.4 Å². The number of hydrogen-bond acceptors (Lipinski definition) is 7. The van der Waals surface area contributed by atoms with Crippen molar-refractivity contribution >= 4 is 11.7 Å². The SMILES string of the molecule is CC1=C(/C=C/C(C)=C/C=C/C(C)=C/C(=O)Nc2ccn([C@@H]3O[C@H](CO)[C@@H](O)[C@@H]3O)c(=O)n2)C(C)(C)CCC1. The lowest BCUT2D eigenvalue weighted by Crippen LogP contribution is -2.36. The molecule has 38 heavy (non-hydrogen) atoms. The lowest BCUT2D eigenvalue weighted by atomic mass is 9.72. The molecule has 1 aliphatic heterocycles. The molecule has 4 N–H and O–H groups in total. The molecule has 1 amide bonds. The molecular weight excluding hydrogens is 486 g/mol. The molecule has 1 aliphatic carbocycles. The molecule has 4 atom stereocenters. The maximum Gasteiger partial charge on any atom is 0.351 e. The van der Waals surface area contributed by atoms with Crippen LogP contribution >= 0.6 is 0 Å². The van der Waals surface area contributed by atoms with E-state index in [0.717, 1.165) is 16.6 Å². The molecule has 0 bridgehead atoms. The molecule has 3 rings (SSSR count). The number of rotatable bonds is 8. The molecule has 9 heteroatoms. The molecule has 0 spiro atoms. The van der Waals surface area contributed by atoms with Gasteiger partial charge < -0.3 is 25.4 Å². The standard InChI is InChI=1S/C29H39N3O6/c1-18(11-12-21-20(3)10-7-14-29(21,4)5)8-6-9-19(2)16-24(34)30-23-13-15-32(28(37)31-23)27-26(36)25(35)22(17-33)38-27/h6,8-9,11-13,15-16,22,25-27,33,35-36H,7,10,14,17H2,1-5H3,(H,30,31,34,37)/b9-6+,12-11+,18-8+,19-16+/t22-,25-,26+,27-/m1/s1. The minimum absolute atomic E-state index is 0.0344. The summed E-state index contributed by atoms with van der Waals surface area (Å²) in [6, 6.07) is 1.39. The minimum Gasteiger partial charge on any atom is -0.394 e. The summed E-state index contributed by atoms with van der Waals surface area (Å²) in [6.45, 7) is 10.1. The summed E-state index contributed by atoms with van der Waals surface area (Å²) in [5.74, 6) is -0.417. The van der Waals surface area contributed by atoms with Gasteiger partial charge >= 0.3 is 5.69 Å². The van der Waals surface area contributed by atoms with Crippen LogP contribution < -0.4 is 11.0 Å². The van der Waals surface area contributed by atoms with E-state index in [4.69, 9.17) is 4.74 Å². The van der Waals surface area contributed by atoms with Crippen LogP contribution in [0.4, 0.5) is 5.82 Å². The zero-order valence-corrected chi connectivity index (χ0v) is 22.7. The molecule has 1 aromatic rings. The highest BCUT2D eigenvalue weighted by Gasteiger charge is 2.43. The molecule has 0 unspecified atom stereocenters. The summed E-state index contributed by atoms with van der Waals surface area (Å²) in [4.78, 5) is 28.6. The zero-order valence-electron chi connectivity index (χ0n) is 22.7. The number of allylic oxidation sites excluding steroid dienone is 9. The first-order chi connectivity index (χ1) is 17.9. The number of carbonyl (C=O) groups is 1. The smallest absolute Gasteiger partial charge is 0.351 e. The van der Waals surface area contributed by atoms with Gasteiger partial charge in [0.25, 0.3) is 0 Å². The number of nitrogens with one attached hydrogen (secondary N) is 1. The van der Waals surface area contributed by atoms with E-state index < -0.39 is 42.7 Å². The Labute approximate surface area is 223 Å². The van der Waals surface area contributed by atoms with Gasteiger partial charge in [0.2, 0.25) is 5.91 Å². The third-order valence-corrected chi connectivity index (χ3v) is 7.00.